The monoisotopic (exact) mass is 287 g/mol. The molecule has 1 aromatic heterocycles. The zero-order valence-corrected chi connectivity index (χ0v) is 10.9. The van der Waals surface area contributed by atoms with Crippen LogP contribution in [0.3, 0.4) is 0 Å². The van der Waals surface area contributed by atoms with E-state index in [1.807, 2.05) is 16.3 Å². The van der Waals surface area contributed by atoms with Crippen LogP contribution in [-0.4, -0.2) is 28.7 Å². The second-order valence-corrected chi connectivity index (χ2v) is 5.39. The highest BCUT2D eigenvalue weighted by Crippen LogP contribution is 2.27. The minimum Gasteiger partial charge on any atom is -0.339 e. The van der Waals surface area contributed by atoms with Crippen LogP contribution in [0.15, 0.2) is 16.8 Å². The molecule has 1 aromatic rings. The molecule has 0 atom stereocenters. The molecule has 1 fully saturated rings. The van der Waals surface area contributed by atoms with Crippen molar-refractivity contribution in [2.75, 3.05) is 11.9 Å². The van der Waals surface area contributed by atoms with Gasteiger partial charge in [0, 0.05) is 17.9 Å². The number of amides is 1. The molecule has 0 unspecified atom stereocenters. The van der Waals surface area contributed by atoms with Crippen LogP contribution in [0.25, 0.3) is 0 Å². The number of hydrogen-bond acceptors (Lipinski definition) is 2. The van der Waals surface area contributed by atoms with Gasteiger partial charge in [-0.3, -0.25) is 4.79 Å². The van der Waals surface area contributed by atoms with Gasteiger partial charge in [0.2, 0.25) is 5.91 Å². The van der Waals surface area contributed by atoms with E-state index in [-0.39, 0.29) is 5.91 Å². The van der Waals surface area contributed by atoms with Gasteiger partial charge in [0.15, 0.2) is 0 Å². The Kier molecular flexibility index (Phi) is 3.81. The number of carbonyl (C=O) groups is 1. The van der Waals surface area contributed by atoms with Crippen LogP contribution < -0.4 is 0 Å². The summed E-state index contributed by atoms with van der Waals surface area (Å²) in [6, 6.07) is 2.55. The van der Waals surface area contributed by atoms with Crippen LogP contribution in [0.2, 0.25) is 0 Å². The van der Waals surface area contributed by atoms with Crippen LogP contribution >= 0.6 is 27.3 Å². The first-order valence-electron chi connectivity index (χ1n) is 5.18. The maximum absolute atomic E-state index is 12.0. The molecular weight excluding hydrogens is 274 g/mol. The van der Waals surface area contributed by atoms with E-state index in [0.717, 1.165) is 17.4 Å². The molecule has 1 saturated carbocycles. The Balaban J connectivity index is 1.92. The van der Waals surface area contributed by atoms with Gasteiger partial charge >= 0.3 is 0 Å². The zero-order chi connectivity index (χ0) is 10.7. The number of thiophene rings is 1. The van der Waals surface area contributed by atoms with Gasteiger partial charge in [0.25, 0.3) is 0 Å². The maximum atomic E-state index is 12.0. The summed E-state index contributed by atoms with van der Waals surface area (Å²) in [5.74, 6) is 0.273. The summed E-state index contributed by atoms with van der Waals surface area (Å²) in [4.78, 5) is 14.0. The zero-order valence-electron chi connectivity index (χ0n) is 8.49. The fraction of sp³-hybridized carbons (Fsp3) is 0.545. The molecule has 0 radical (unpaired) electrons. The van der Waals surface area contributed by atoms with Gasteiger partial charge < -0.3 is 4.90 Å². The van der Waals surface area contributed by atoms with E-state index in [9.17, 15) is 4.79 Å². The lowest BCUT2D eigenvalue weighted by atomic mass is 10.2. The second kappa shape index (κ2) is 5.12. The highest BCUT2D eigenvalue weighted by molar-refractivity contribution is 9.09. The molecule has 0 bridgehead atoms. The van der Waals surface area contributed by atoms with Crippen LogP contribution in [0.1, 0.15) is 18.4 Å². The SMILES string of the molecule is O=C(Cc1ccsc1)N(CCBr)C1CC1. The minimum absolute atomic E-state index is 0.273. The van der Waals surface area contributed by atoms with Crippen LogP contribution in [0, 0.1) is 0 Å². The van der Waals surface area contributed by atoms with Crippen molar-refractivity contribution in [1.82, 2.24) is 4.90 Å². The van der Waals surface area contributed by atoms with E-state index >= 15 is 0 Å². The number of nitrogens with zero attached hydrogens (tertiary/aromatic N) is 1. The molecule has 1 heterocycles. The van der Waals surface area contributed by atoms with Gasteiger partial charge in [-0.1, -0.05) is 15.9 Å². The van der Waals surface area contributed by atoms with Crippen LogP contribution in [-0.2, 0) is 11.2 Å². The highest BCUT2D eigenvalue weighted by Gasteiger charge is 2.31. The normalized spacial score (nSPS) is 15.3. The molecule has 0 aromatic carbocycles. The van der Waals surface area contributed by atoms with Crippen molar-refractivity contribution in [3.05, 3.63) is 22.4 Å². The van der Waals surface area contributed by atoms with Crippen molar-refractivity contribution in [1.29, 1.82) is 0 Å². The van der Waals surface area contributed by atoms with E-state index in [2.05, 4.69) is 21.3 Å². The summed E-state index contributed by atoms with van der Waals surface area (Å²) in [5, 5.41) is 4.95. The number of halogens is 1. The Morgan fingerprint density at radius 2 is 2.40 bits per heavy atom. The first-order valence-corrected chi connectivity index (χ1v) is 7.24. The van der Waals surface area contributed by atoms with Crippen LogP contribution in [0.4, 0.5) is 0 Å². The molecule has 1 aliphatic carbocycles. The topological polar surface area (TPSA) is 20.3 Å². The summed E-state index contributed by atoms with van der Waals surface area (Å²) in [6.07, 6.45) is 2.93. The number of carbonyl (C=O) groups excluding carboxylic acids is 1. The Morgan fingerprint density at radius 1 is 1.60 bits per heavy atom. The van der Waals surface area contributed by atoms with Crippen molar-refractivity contribution in [3.8, 4) is 0 Å². The number of hydrogen-bond donors (Lipinski definition) is 0. The highest BCUT2D eigenvalue weighted by atomic mass is 79.9. The van der Waals surface area contributed by atoms with E-state index in [4.69, 9.17) is 0 Å². The third-order valence-corrected chi connectivity index (χ3v) is 3.66. The van der Waals surface area contributed by atoms with Crippen molar-refractivity contribution >= 4 is 33.2 Å². The fourth-order valence-corrected chi connectivity index (χ4v) is 2.71. The van der Waals surface area contributed by atoms with E-state index < -0.39 is 0 Å². The number of alkyl halides is 1. The molecule has 0 aliphatic heterocycles. The Morgan fingerprint density at radius 3 is 2.93 bits per heavy atom. The number of rotatable bonds is 5. The summed E-state index contributed by atoms with van der Waals surface area (Å²) >= 11 is 5.05. The molecule has 15 heavy (non-hydrogen) atoms. The summed E-state index contributed by atoms with van der Waals surface area (Å²) in [6.45, 7) is 0.841. The summed E-state index contributed by atoms with van der Waals surface area (Å²) in [7, 11) is 0. The molecule has 4 heteroatoms. The molecule has 2 nitrogen and oxygen atoms in total. The molecule has 2 rings (SSSR count). The lowest BCUT2D eigenvalue weighted by molar-refractivity contribution is -0.130. The minimum atomic E-state index is 0.273. The van der Waals surface area contributed by atoms with Crippen molar-refractivity contribution < 1.29 is 4.79 Å². The largest absolute Gasteiger partial charge is 0.339 e. The van der Waals surface area contributed by atoms with Crippen LogP contribution in [0.5, 0.6) is 0 Å². The van der Waals surface area contributed by atoms with Gasteiger partial charge in [-0.15, -0.1) is 0 Å². The van der Waals surface area contributed by atoms with Crippen molar-refractivity contribution in [3.63, 3.8) is 0 Å². The smallest absolute Gasteiger partial charge is 0.227 e. The Bertz CT molecular complexity index is 321. The molecule has 82 valence electrons. The molecule has 1 aliphatic rings. The Labute approximate surface area is 102 Å². The van der Waals surface area contributed by atoms with Crippen molar-refractivity contribution in [2.45, 2.75) is 25.3 Å². The standard InChI is InChI=1S/C11H14BrNOS/c12-4-5-13(10-1-2-10)11(14)7-9-3-6-15-8-9/h3,6,8,10H,1-2,4-5,7H2. The predicted octanol–water partition coefficient (Wildman–Crippen LogP) is 2.68. The van der Waals surface area contributed by atoms with Gasteiger partial charge in [-0.2, -0.15) is 11.3 Å². The van der Waals surface area contributed by atoms with Gasteiger partial charge in [0.1, 0.15) is 0 Å². The first kappa shape index (κ1) is 11.1. The van der Waals surface area contributed by atoms with E-state index in [1.165, 1.54) is 12.8 Å². The average molecular weight is 288 g/mol. The molecule has 0 spiro atoms. The van der Waals surface area contributed by atoms with Gasteiger partial charge in [0.05, 0.1) is 6.42 Å². The van der Waals surface area contributed by atoms with E-state index in [1.54, 1.807) is 11.3 Å². The van der Waals surface area contributed by atoms with Gasteiger partial charge in [-0.05, 0) is 35.2 Å². The van der Waals surface area contributed by atoms with E-state index in [0.29, 0.717) is 12.5 Å². The molecule has 1 amide bonds. The average Bonchev–Trinajstić information content (AvgIpc) is 2.93. The third-order valence-electron chi connectivity index (χ3n) is 2.57. The maximum Gasteiger partial charge on any atom is 0.227 e. The molecule has 0 saturated heterocycles. The predicted molar refractivity (Wildman–Crippen MR) is 66.6 cm³/mol. The quantitative estimate of drug-likeness (QED) is 0.763. The second-order valence-electron chi connectivity index (χ2n) is 3.82. The summed E-state index contributed by atoms with van der Waals surface area (Å²) < 4.78 is 0. The lowest BCUT2D eigenvalue weighted by Crippen LogP contribution is -2.35. The summed E-state index contributed by atoms with van der Waals surface area (Å²) in [5.41, 5.74) is 1.14. The third kappa shape index (κ3) is 3.05. The Hall–Kier alpha value is -0.350. The molecule has 0 N–H and O–H groups in total. The lowest BCUT2D eigenvalue weighted by Gasteiger charge is -2.21. The van der Waals surface area contributed by atoms with Crippen molar-refractivity contribution in [2.24, 2.45) is 0 Å². The first-order chi connectivity index (χ1) is 7.31. The fourth-order valence-electron chi connectivity index (χ4n) is 1.66. The molecular formula is C11H14BrNOS. The van der Waals surface area contributed by atoms with Gasteiger partial charge in [-0.25, -0.2) is 0 Å².